The molecule has 3 aromatic rings. The van der Waals surface area contributed by atoms with Gasteiger partial charge in [0.05, 0.1) is 11.1 Å². The van der Waals surface area contributed by atoms with Crippen molar-refractivity contribution in [3.05, 3.63) is 57.9 Å². The van der Waals surface area contributed by atoms with Crippen LogP contribution in [0, 0.1) is 6.92 Å². The van der Waals surface area contributed by atoms with E-state index in [0.717, 1.165) is 27.7 Å². The van der Waals surface area contributed by atoms with Crippen LogP contribution in [-0.2, 0) is 9.59 Å². The van der Waals surface area contributed by atoms with Gasteiger partial charge in [-0.25, -0.2) is 0 Å². The summed E-state index contributed by atoms with van der Waals surface area (Å²) < 4.78 is 0. The van der Waals surface area contributed by atoms with Gasteiger partial charge in [0.2, 0.25) is 0 Å². The summed E-state index contributed by atoms with van der Waals surface area (Å²) in [6.45, 7) is 1.92. The highest BCUT2D eigenvalue weighted by Gasteiger charge is 2.34. The molecule has 0 aliphatic carbocycles. The number of hydrogen-bond donors (Lipinski definition) is 2. The zero-order chi connectivity index (χ0) is 15.3. The summed E-state index contributed by atoms with van der Waals surface area (Å²) in [6, 6.07) is 9.66. The summed E-state index contributed by atoms with van der Waals surface area (Å²) in [5.41, 5.74) is 4.35. The predicted octanol–water partition coefficient (Wildman–Crippen LogP) is 3.11. The largest absolute Gasteiger partial charge is 0.358 e. The molecule has 0 saturated carbocycles. The Hall–Kier alpha value is -2.66. The number of carbonyl (C=O) groups is 2. The summed E-state index contributed by atoms with van der Waals surface area (Å²) in [6.07, 6.45) is 0. The first-order valence-electron chi connectivity index (χ1n) is 6.87. The van der Waals surface area contributed by atoms with Gasteiger partial charge in [-0.3, -0.25) is 14.9 Å². The molecule has 0 fully saturated rings. The van der Waals surface area contributed by atoms with E-state index in [1.807, 2.05) is 48.0 Å². The zero-order valence-corrected chi connectivity index (χ0v) is 12.6. The number of aryl methyl sites for hydroxylation is 1. The van der Waals surface area contributed by atoms with Gasteiger partial charge in [0.25, 0.3) is 11.8 Å². The van der Waals surface area contributed by atoms with Gasteiger partial charge in [0, 0.05) is 22.2 Å². The van der Waals surface area contributed by atoms with Gasteiger partial charge in [0.1, 0.15) is 0 Å². The Morgan fingerprint density at radius 2 is 1.77 bits per heavy atom. The maximum atomic E-state index is 12.4. The van der Waals surface area contributed by atoms with Crippen LogP contribution in [0.5, 0.6) is 0 Å². The lowest BCUT2D eigenvalue weighted by molar-refractivity contribution is -0.122. The van der Waals surface area contributed by atoms with Crippen molar-refractivity contribution in [2.75, 3.05) is 0 Å². The highest BCUT2D eigenvalue weighted by molar-refractivity contribution is 7.08. The third-order valence-electron chi connectivity index (χ3n) is 3.88. The Kier molecular flexibility index (Phi) is 2.77. The Balaban J connectivity index is 2.08. The quantitative estimate of drug-likeness (QED) is 0.715. The Morgan fingerprint density at radius 1 is 1.00 bits per heavy atom. The molecular weight excluding hydrogens is 296 g/mol. The van der Waals surface area contributed by atoms with Crippen LogP contribution in [0.25, 0.3) is 22.0 Å². The normalized spacial score (nSPS) is 15.0. The standard InChI is InChI=1S/C17H12N2O2S/c1-9-13(11-4-2-3-5-12(11)18-9)15-14(10-6-7-22-8-10)16(20)19-17(15)21/h2-8,18H,1H3,(H,19,20,21). The molecule has 0 unspecified atom stereocenters. The van der Waals surface area contributed by atoms with E-state index in [4.69, 9.17) is 0 Å². The number of amides is 2. The molecule has 2 amide bonds. The van der Waals surface area contributed by atoms with Crippen LogP contribution in [0.3, 0.4) is 0 Å². The fourth-order valence-corrected chi connectivity index (χ4v) is 3.62. The van der Waals surface area contributed by atoms with Crippen molar-refractivity contribution >= 4 is 45.2 Å². The van der Waals surface area contributed by atoms with Crippen molar-refractivity contribution in [3.63, 3.8) is 0 Å². The molecule has 1 aromatic carbocycles. The highest BCUT2D eigenvalue weighted by Crippen LogP contribution is 2.37. The molecule has 22 heavy (non-hydrogen) atoms. The minimum Gasteiger partial charge on any atom is -0.358 e. The van der Waals surface area contributed by atoms with Crippen molar-refractivity contribution < 1.29 is 9.59 Å². The minimum atomic E-state index is -0.334. The molecule has 0 saturated heterocycles. The minimum absolute atomic E-state index is 0.330. The molecule has 1 aliphatic rings. The number of rotatable bonds is 2. The molecule has 0 atom stereocenters. The Morgan fingerprint density at radius 3 is 2.55 bits per heavy atom. The van der Waals surface area contributed by atoms with Gasteiger partial charge >= 0.3 is 0 Å². The first-order valence-corrected chi connectivity index (χ1v) is 7.81. The fraction of sp³-hybridized carbons (Fsp3) is 0.0588. The second-order valence-corrected chi connectivity index (χ2v) is 6.00. The molecule has 1 aliphatic heterocycles. The lowest BCUT2D eigenvalue weighted by Gasteiger charge is -2.03. The van der Waals surface area contributed by atoms with Crippen LogP contribution in [-0.4, -0.2) is 16.8 Å². The monoisotopic (exact) mass is 308 g/mol. The van der Waals surface area contributed by atoms with Crippen LogP contribution in [0.2, 0.25) is 0 Å². The van der Waals surface area contributed by atoms with Gasteiger partial charge in [-0.15, -0.1) is 0 Å². The van der Waals surface area contributed by atoms with Crippen LogP contribution in [0.15, 0.2) is 41.1 Å². The number of aromatic amines is 1. The number of H-pyrrole nitrogens is 1. The van der Waals surface area contributed by atoms with Crippen LogP contribution in [0.1, 0.15) is 16.8 Å². The molecule has 108 valence electrons. The zero-order valence-electron chi connectivity index (χ0n) is 11.8. The van der Waals surface area contributed by atoms with E-state index in [0.29, 0.717) is 11.1 Å². The molecule has 5 heteroatoms. The third kappa shape index (κ3) is 1.76. The molecule has 0 bridgehead atoms. The average molecular weight is 308 g/mol. The van der Waals surface area contributed by atoms with Gasteiger partial charge in [0.15, 0.2) is 0 Å². The Bertz CT molecular complexity index is 948. The first-order chi connectivity index (χ1) is 10.7. The number of thiophene rings is 1. The van der Waals surface area contributed by atoms with Gasteiger partial charge in [-0.05, 0) is 35.4 Å². The number of nitrogens with one attached hydrogen (secondary N) is 2. The number of carbonyl (C=O) groups excluding carboxylic acids is 2. The Labute approximate surface area is 130 Å². The summed E-state index contributed by atoms with van der Waals surface area (Å²) >= 11 is 1.50. The third-order valence-corrected chi connectivity index (χ3v) is 4.57. The van der Waals surface area contributed by atoms with Crippen LogP contribution < -0.4 is 5.32 Å². The second-order valence-electron chi connectivity index (χ2n) is 5.22. The van der Waals surface area contributed by atoms with E-state index in [-0.39, 0.29) is 11.8 Å². The van der Waals surface area contributed by atoms with Crippen LogP contribution in [0.4, 0.5) is 0 Å². The summed E-state index contributed by atoms with van der Waals surface area (Å²) in [5, 5.41) is 7.16. The number of hydrogen-bond acceptors (Lipinski definition) is 3. The van der Waals surface area contributed by atoms with Crippen molar-refractivity contribution in [1.82, 2.24) is 10.3 Å². The molecule has 3 heterocycles. The summed E-state index contributed by atoms with van der Waals surface area (Å²) in [7, 11) is 0. The topological polar surface area (TPSA) is 62.0 Å². The number of aromatic nitrogens is 1. The van der Waals surface area contributed by atoms with E-state index in [9.17, 15) is 9.59 Å². The highest BCUT2D eigenvalue weighted by atomic mass is 32.1. The number of para-hydroxylation sites is 1. The van der Waals surface area contributed by atoms with E-state index in [1.54, 1.807) is 0 Å². The molecule has 0 radical (unpaired) electrons. The van der Waals surface area contributed by atoms with Gasteiger partial charge < -0.3 is 4.98 Å². The maximum absolute atomic E-state index is 12.4. The molecule has 2 N–H and O–H groups in total. The average Bonchev–Trinajstić information content (AvgIpc) is 3.16. The number of imide groups is 1. The van der Waals surface area contributed by atoms with E-state index < -0.39 is 0 Å². The molecule has 4 rings (SSSR count). The van der Waals surface area contributed by atoms with Crippen molar-refractivity contribution in [2.24, 2.45) is 0 Å². The van der Waals surface area contributed by atoms with Crippen molar-refractivity contribution in [3.8, 4) is 0 Å². The van der Waals surface area contributed by atoms with Crippen LogP contribution >= 0.6 is 11.3 Å². The SMILES string of the molecule is Cc1[nH]c2ccccc2c1C1=C(c2ccsc2)C(=O)NC1=O. The number of benzene rings is 1. The van der Waals surface area contributed by atoms with E-state index in [1.165, 1.54) is 11.3 Å². The molecule has 4 nitrogen and oxygen atoms in total. The molecular formula is C17H12N2O2S. The lowest BCUT2D eigenvalue weighted by Crippen LogP contribution is -2.22. The smallest absolute Gasteiger partial charge is 0.259 e. The van der Waals surface area contributed by atoms with E-state index >= 15 is 0 Å². The van der Waals surface area contributed by atoms with Crippen molar-refractivity contribution in [2.45, 2.75) is 6.92 Å². The second kappa shape index (κ2) is 4.68. The lowest BCUT2D eigenvalue weighted by atomic mass is 9.96. The molecule has 0 spiro atoms. The predicted molar refractivity (Wildman–Crippen MR) is 87.3 cm³/mol. The maximum Gasteiger partial charge on any atom is 0.259 e. The number of fused-ring (bicyclic) bond motifs is 1. The fourth-order valence-electron chi connectivity index (χ4n) is 2.97. The van der Waals surface area contributed by atoms with Gasteiger partial charge in [-0.1, -0.05) is 18.2 Å². The van der Waals surface area contributed by atoms with Gasteiger partial charge in [-0.2, -0.15) is 11.3 Å². The summed E-state index contributed by atoms with van der Waals surface area (Å²) in [4.78, 5) is 27.9. The molecule has 2 aromatic heterocycles. The first kappa shape index (κ1) is 13.0. The van der Waals surface area contributed by atoms with Crippen molar-refractivity contribution in [1.29, 1.82) is 0 Å². The summed E-state index contributed by atoms with van der Waals surface area (Å²) in [5.74, 6) is -0.665. The van der Waals surface area contributed by atoms with E-state index in [2.05, 4.69) is 10.3 Å².